The predicted molar refractivity (Wildman–Crippen MR) is 100 cm³/mol. The van der Waals surface area contributed by atoms with E-state index >= 15 is 0 Å². The van der Waals surface area contributed by atoms with E-state index in [0.29, 0.717) is 44.5 Å². The van der Waals surface area contributed by atoms with Gasteiger partial charge in [0.2, 0.25) is 0 Å². The molecule has 1 aromatic carbocycles. The summed E-state index contributed by atoms with van der Waals surface area (Å²) in [6.45, 7) is 9.06. The van der Waals surface area contributed by atoms with Crippen LogP contribution in [0.25, 0.3) is 10.9 Å². The Morgan fingerprint density at radius 2 is 2.08 bits per heavy atom. The van der Waals surface area contributed by atoms with Crippen molar-refractivity contribution in [2.75, 3.05) is 46.0 Å². The zero-order chi connectivity index (χ0) is 18.1. The number of H-pyrrole nitrogens is 1. The Morgan fingerprint density at radius 1 is 1.19 bits per heavy atom. The third-order valence-corrected chi connectivity index (χ3v) is 5.45. The van der Waals surface area contributed by atoms with Crippen LogP contribution in [0, 0.1) is 0 Å². The summed E-state index contributed by atoms with van der Waals surface area (Å²) in [7, 11) is 0. The maximum absolute atomic E-state index is 13.1. The Morgan fingerprint density at radius 3 is 2.92 bits per heavy atom. The normalized spacial score (nSPS) is 25.1. The SMILES string of the molecule is CC(C)N1CCOC[C@]2(CN(C(=O)c3ccc4cc[nH]c4c3)CCO2)C1. The number of benzene rings is 1. The molecular weight excluding hydrogens is 330 g/mol. The van der Waals surface area contributed by atoms with Crippen LogP contribution in [-0.4, -0.2) is 78.3 Å². The van der Waals surface area contributed by atoms with Crippen LogP contribution < -0.4 is 0 Å². The second kappa shape index (κ2) is 7.02. The molecule has 0 bridgehead atoms. The average molecular weight is 357 g/mol. The van der Waals surface area contributed by atoms with Crippen molar-refractivity contribution in [2.45, 2.75) is 25.5 Å². The second-order valence-electron chi connectivity index (χ2n) is 7.65. The van der Waals surface area contributed by atoms with Crippen LogP contribution in [0.1, 0.15) is 24.2 Å². The highest BCUT2D eigenvalue weighted by atomic mass is 16.5. The summed E-state index contributed by atoms with van der Waals surface area (Å²) in [6, 6.07) is 8.27. The van der Waals surface area contributed by atoms with Gasteiger partial charge in [-0.3, -0.25) is 9.69 Å². The highest BCUT2D eigenvalue weighted by Crippen LogP contribution is 2.25. The number of aromatic nitrogens is 1. The van der Waals surface area contributed by atoms with Crippen molar-refractivity contribution < 1.29 is 14.3 Å². The quantitative estimate of drug-likeness (QED) is 0.894. The molecule has 1 N–H and O–H groups in total. The molecule has 2 aromatic rings. The largest absolute Gasteiger partial charge is 0.377 e. The Bertz CT molecular complexity index is 787. The van der Waals surface area contributed by atoms with Crippen LogP contribution in [0.15, 0.2) is 30.5 Å². The molecule has 2 saturated heterocycles. The van der Waals surface area contributed by atoms with Gasteiger partial charge in [-0.15, -0.1) is 0 Å². The molecule has 4 rings (SSSR count). The molecule has 26 heavy (non-hydrogen) atoms. The Hall–Kier alpha value is -1.89. The fourth-order valence-electron chi connectivity index (χ4n) is 3.94. The number of aromatic amines is 1. The molecule has 0 aliphatic carbocycles. The van der Waals surface area contributed by atoms with Crippen molar-refractivity contribution in [3.05, 3.63) is 36.0 Å². The third-order valence-electron chi connectivity index (χ3n) is 5.45. The number of fused-ring (bicyclic) bond motifs is 1. The third kappa shape index (κ3) is 3.37. The van der Waals surface area contributed by atoms with Gasteiger partial charge in [-0.1, -0.05) is 6.07 Å². The van der Waals surface area contributed by atoms with Crippen molar-refractivity contribution in [2.24, 2.45) is 0 Å². The minimum absolute atomic E-state index is 0.0597. The molecule has 140 valence electrons. The molecule has 1 amide bonds. The van der Waals surface area contributed by atoms with E-state index in [-0.39, 0.29) is 5.91 Å². The van der Waals surface area contributed by atoms with Crippen LogP contribution in [0.4, 0.5) is 0 Å². The molecule has 6 heteroatoms. The van der Waals surface area contributed by atoms with Crippen molar-refractivity contribution in [1.82, 2.24) is 14.8 Å². The summed E-state index contributed by atoms with van der Waals surface area (Å²) in [5.41, 5.74) is 1.26. The lowest BCUT2D eigenvalue weighted by Gasteiger charge is -2.44. The molecule has 1 atom stereocenters. The van der Waals surface area contributed by atoms with Gasteiger partial charge < -0.3 is 19.4 Å². The average Bonchev–Trinajstić information content (AvgIpc) is 3.02. The van der Waals surface area contributed by atoms with E-state index in [1.807, 2.05) is 35.4 Å². The first-order valence-corrected chi connectivity index (χ1v) is 9.39. The number of amides is 1. The maximum Gasteiger partial charge on any atom is 0.254 e. The van der Waals surface area contributed by atoms with Gasteiger partial charge in [-0.2, -0.15) is 0 Å². The molecule has 0 radical (unpaired) electrons. The maximum atomic E-state index is 13.1. The predicted octanol–water partition coefficient (Wildman–Crippen LogP) is 2.12. The first-order valence-electron chi connectivity index (χ1n) is 9.39. The van der Waals surface area contributed by atoms with Gasteiger partial charge in [0.15, 0.2) is 0 Å². The molecule has 6 nitrogen and oxygen atoms in total. The van der Waals surface area contributed by atoms with E-state index in [2.05, 4.69) is 23.7 Å². The van der Waals surface area contributed by atoms with Crippen molar-refractivity contribution in [3.8, 4) is 0 Å². The van der Waals surface area contributed by atoms with Crippen LogP contribution >= 0.6 is 0 Å². The molecule has 2 fully saturated rings. The summed E-state index contributed by atoms with van der Waals surface area (Å²) in [5, 5.41) is 1.12. The lowest BCUT2D eigenvalue weighted by molar-refractivity contribution is -0.134. The monoisotopic (exact) mass is 357 g/mol. The van der Waals surface area contributed by atoms with Gasteiger partial charge in [0, 0.05) is 43.0 Å². The minimum Gasteiger partial charge on any atom is -0.377 e. The first-order chi connectivity index (χ1) is 12.6. The zero-order valence-electron chi connectivity index (χ0n) is 15.5. The van der Waals surface area contributed by atoms with Crippen molar-refractivity contribution in [3.63, 3.8) is 0 Å². The number of nitrogens with one attached hydrogen (secondary N) is 1. The van der Waals surface area contributed by atoms with Crippen LogP contribution in [-0.2, 0) is 9.47 Å². The number of carbonyl (C=O) groups excluding carboxylic acids is 1. The molecule has 0 unspecified atom stereocenters. The highest BCUT2D eigenvalue weighted by molar-refractivity contribution is 5.98. The standard InChI is InChI=1S/C20H27N3O3/c1-15(2)22-7-9-25-14-20(12-22)13-23(8-10-26-20)19(24)17-4-3-16-5-6-21-18(16)11-17/h3-6,11,15,21H,7-10,12-14H2,1-2H3/t20-/m1/s1. The zero-order valence-corrected chi connectivity index (χ0v) is 15.5. The number of nitrogens with zero attached hydrogens (tertiary/aromatic N) is 2. The number of carbonyl (C=O) groups is 1. The number of hydrogen-bond donors (Lipinski definition) is 1. The van der Waals surface area contributed by atoms with Crippen molar-refractivity contribution >= 4 is 16.8 Å². The number of rotatable bonds is 2. The van der Waals surface area contributed by atoms with Gasteiger partial charge in [-0.25, -0.2) is 0 Å². The minimum atomic E-state index is -0.439. The Labute approximate surface area is 154 Å². The van der Waals surface area contributed by atoms with Gasteiger partial charge in [0.1, 0.15) is 5.60 Å². The van der Waals surface area contributed by atoms with E-state index in [0.717, 1.165) is 24.0 Å². The topological polar surface area (TPSA) is 57.8 Å². The van der Waals surface area contributed by atoms with E-state index in [9.17, 15) is 4.79 Å². The summed E-state index contributed by atoms with van der Waals surface area (Å²) in [4.78, 5) is 20.6. The summed E-state index contributed by atoms with van der Waals surface area (Å²) < 4.78 is 12.0. The molecule has 1 spiro atoms. The van der Waals surface area contributed by atoms with Gasteiger partial charge in [-0.05, 0) is 37.4 Å². The summed E-state index contributed by atoms with van der Waals surface area (Å²) >= 11 is 0. The van der Waals surface area contributed by atoms with Gasteiger partial charge >= 0.3 is 0 Å². The number of hydrogen-bond acceptors (Lipinski definition) is 4. The molecule has 3 heterocycles. The second-order valence-corrected chi connectivity index (χ2v) is 7.65. The smallest absolute Gasteiger partial charge is 0.254 e. The van der Waals surface area contributed by atoms with Crippen LogP contribution in [0.3, 0.4) is 0 Å². The van der Waals surface area contributed by atoms with Gasteiger partial charge in [0.25, 0.3) is 5.91 Å². The first kappa shape index (κ1) is 17.5. The van der Waals surface area contributed by atoms with E-state index < -0.39 is 5.60 Å². The van der Waals surface area contributed by atoms with Crippen LogP contribution in [0.2, 0.25) is 0 Å². The molecule has 2 aliphatic heterocycles. The fourth-order valence-corrected chi connectivity index (χ4v) is 3.94. The molecule has 0 saturated carbocycles. The highest BCUT2D eigenvalue weighted by Gasteiger charge is 2.42. The van der Waals surface area contributed by atoms with E-state index in [1.54, 1.807) is 0 Å². The van der Waals surface area contributed by atoms with Crippen LogP contribution in [0.5, 0.6) is 0 Å². The van der Waals surface area contributed by atoms with E-state index in [4.69, 9.17) is 9.47 Å². The fraction of sp³-hybridized carbons (Fsp3) is 0.550. The number of ether oxygens (including phenoxy) is 2. The number of morpholine rings is 1. The summed E-state index contributed by atoms with van der Waals surface area (Å²) in [5.74, 6) is 0.0597. The molecule has 2 aliphatic rings. The van der Waals surface area contributed by atoms with Gasteiger partial charge in [0.05, 0.1) is 26.4 Å². The Kier molecular flexibility index (Phi) is 4.73. The van der Waals surface area contributed by atoms with Crippen molar-refractivity contribution in [1.29, 1.82) is 0 Å². The summed E-state index contributed by atoms with van der Waals surface area (Å²) in [6.07, 6.45) is 1.89. The lowest BCUT2D eigenvalue weighted by atomic mass is 10.00. The Balaban J connectivity index is 1.54. The lowest BCUT2D eigenvalue weighted by Crippen LogP contribution is -2.60. The molecular formula is C20H27N3O3. The van der Waals surface area contributed by atoms with E-state index in [1.165, 1.54) is 0 Å². The molecule has 1 aromatic heterocycles.